The van der Waals surface area contributed by atoms with Gasteiger partial charge in [0, 0.05) is 56.3 Å². The second-order valence-electron chi connectivity index (χ2n) is 10.0. The normalized spacial score (nSPS) is 14.6. The molecule has 1 fully saturated rings. The highest BCUT2D eigenvalue weighted by Gasteiger charge is 2.21. The van der Waals surface area contributed by atoms with Gasteiger partial charge in [-0.25, -0.2) is 4.98 Å². The fourth-order valence-corrected chi connectivity index (χ4v) is 5.68. The molecule has 0 aliphatic carbocycles. The monoisotopic (exact) mass is 557 g/mol. The molecule has 9 nitrogen and oxygen atoms in total. The number of aromatic nitrogens is 2. The molecule has 2 heterocycles. The molecular formula is C27H37ClN7O2P. The van der Waals surface area contributed by atoms with Crippen molar-refractivity contribution in [3.05, 3.63) is 53.7 Å². The lowest BCUT2D eigenvalue weighted by molar-refractivity contribution is 0.229. The quantitative estimate of drug-likeness (QED) is 0.348. The van der Waals surface area contributed by atoms with Crippen LogP contribution in [0.3, 0.4) is 0 Å². The lowest BCUT2D eigenvalue weighted by atomic mass is 10.2. The van der Waals surface area contributed by atoms with Crippen LogP contribution in [0.15, 0.2) is 48.7 Å². The Hall–Kier alpha value is -2.84. The number of nitrogens with zero attached hydrogens (tertiary/aromatic N) is 5. The number of benzene rings is 2. The van der Waals surface area contributed by atoms with Crippen molar-refractivity contribution in [2.45, 2.75) is 0 Å². The number of anilines is 5. The number of likely N-dealkylation sites (N-methyl/N-ethyl adjacent to an activating group) is 1. The summed E-state index contributed by atoms with van der Waals surface area (Å²) in [6.07, 6.45) is 1.54. The predicted octanol–water partition coefficient (Wildman–Crippen LogP) is 4.56. The predicted molar refractivity (Wildman–Crippen MR) is 159 cm³/mol. The number of halogens is 1. The highest BCUT2D eigenvalue weighted by Crippen LogP contribution is 2.39. The lowest BCUT2D eigenvalue weighted by Gasteiger charge is -2.37. The van der Waals surface area contributed by atoms with Gasteiger partial charge in [0.2, 0.25) is 5.95 Å². The summed E-state index contributed by atoms with van der Waals surface area (Å²) in [5, 5.41) is 7.59. The van der Waals surface area contributed by atoms with Crippen LogP contribution in [0.4, 0.5) is 28.8 Å². The average molecular weight is 558 g/mol. The Labute approximate surface area is 230 Å². The van der Waals surface area contributed by atoms with E-state index in [-0.39, 0.29) is 0 Å². The summed E-state index contributed by atoms with van der Waals surface area (Å²) in [7, 11) is 3.41. The van der Waals surface area contributed by atoms with E-state index in [1.54, 1.807) is 26.6 Å². The molecule has 38 heavy (non-hydrogen) atoms. The molecule has 0 saturated carbocycles. The van der Waals surface area contributed by atoms with Crippen LogP contribution < -0.4 is 25.6 Å². The fourth-order valence-electron chi connectivity index (χ4n) is 4.39. The van der Waals surface area contributed by atoms with E-state index in [0.29, 0.717) is 22.5 Å². The van der Waals surface area contributed by atoms with Gasteiger partial charge in [0.05, 0.1) is 24.7 Å². The van der Waals surface area contributed by atoms with Crippen LogP contribution in [0.25, 0.3) is 0 Å². The number of para-hydroxylation sites is 1. The van der Waals surface area contributed by atoms with E-state index >= 15 is 0 Å². The van der Waals surface area contributed by atoms with Gasteiger partial charge in [0.15, 0.2) is 5.82 Å². The molecule has 2 aromatic carbocycles. The number of piperazine rings is 1. The van der Waals surface area contributed by atoms with Gasteiger partial charge < -0.3 is 29.7 Å². The molecule has 1 aliphatic rings. The van der Waals surface area contributed by atoms with E-state index in [1.807, 2.05) is 36.4 Å². The summed E-state index contributed by atoms with van der Waals surface area (Å²) >= 11 is 6.40. The highest BCUT2D eigenvalue weighted by atomic mass is 35.5. The largest absolute Gasteiger partial charge is 0.495 e. The van der Waals surface area contributed by atoms with Gasteiger partial charge in [-0.2, -0.15) is 4.98 Å². The third-order valence-electron chi connectivity index (χ3n) is 6.49. The Morgan fingerprint density at radius 2 is 1.82 bits per heavy atom. The van der Waals surface area contributed by atoms with Crippen LogP contribution in [-0.2, 0) is 4.57 Å². The number of nitrogens with one attached hydrogen (secondary N) is 2. The van der Waals surface area contributed by atoms with Gasteiger partial charge in [-0.1, -0.05) is 23.7 Å². The molecule has 0 spiro atoms. The van der Waals surface area contributed by atoms with Crippen molar-refractivity contribution in [3.8, 4) is 5.75 Å². The number of hydrogen-bond acceptors (Lipinski definition) is 9. The van der Waals surface area contributed by atoms with E-state index in [9.17, 15) is 4.57 Å². The molecule has 0 atom stereocenters. The first-order valence-electron chi connectivity index (χ1n) is 12.7. The van der Waals surface area contributed by atoms with Crippen LogP contribution in [0.2, 0.25) is 5.02 Å². The molecule has 4 rings (SSSR count). The first kappa shape index (κ1) is 28.2. The zero-order valence-electron chi connectivity index (χ0n) is 22.7. The minimum absolute atomic E-state index is 0.366. The van der Waals surface area contributed by atoms with Gasteiger partial charge in [0.1, 0.15) is 17.9 Å². The van der Waals surface area contributed by atoms with Crippen LogP contribution in [-0.4, -0.2) is 93.6 Å². The molecule has 2 N–H and O–H groups in total. The first-order valence-corrected chi connectivity index (χ1v) is 15.6. The van der Waals surface area contributed by atoms with E-state index in [0.717, 1.165) is 61.7 Å². The van der Waals surface area contributed by atoms with Gasteiger partial charge in [-0.3, -0.25) is 4.90 Å². The second kappa shape index (κ2) is 12.3. The Morgan fingerprint density at radius 3 is 2.50 bits per heavy atom. The van der Waals surface area contributed by atoms with E-state index in [1.165, 1.54) is 0 Å². The van der Waals surface area contributed by atoms with Crippen molar-refractivity contribution in [3.63, 3.8) is 0 Å². The van der Waals surface area contributed by atoms with Gasteiger partial charge in [-0.15, -0.1) is 0 Å². The molecule has 1 aromatic heterocycles. The van der Waals surface area contributed by atoms with Crippen molar-refractivity contribution >= 4 is 52.9 Å². The van der Waals surface area contributed by atoms with Crippen LogP contribution in [0, 0.1) is 0 Å². The maximum absolute atomic E-state index is 12.8. The van der Waals surface area contributed by atoms with Crippen LogP contribution in [0.5, 0.6) is 5.75 Å². The third-order valence-corrected chi connectivity index (χ3v) is 8.32. The number of methoxy groups -OCH3 is 1. The molecule has 1 saturated heterocycles. The van der Waals surface area contributed by atoms with Gasteiger partial charge in [-0.05, 0) is 51.7 Å². The number of rotatable bonds is 10. The van der Waals surface area contributed by atoms with Gasteiger partial charge >= 0.3 is 0 Å². The van der Waals surface area contributed by atoms with Crippen molar-refractivity contribution in [2.75, 3.05) is 89.3 Å². The molecule has 3 aromatic rings. The summed E-state index contributed by atoms with van der Waals surface area (Å²) in [6, 6.07) is 13.5. The molecule has 0 radical (unpaired) electrons. The summed E-state index contributed by atoms with van der Waals surface area (Å²) in [5.41, 5.74) is 2.58. The summed E-state index contributed by atoms with van der Waals surface area (Å²) in [5.74, 6) is 1.61. The smallest absolute Gasteiger partial charge is 0.229 e. The number of ether oxygens (including phenoxy) is 1. The van der Waals surface area contributed by atoms with Crippen molar-refractivity contribution in [1.82, 2.24) is 19.8 Å². The average Bonchev–Trinajstić information content (AvgIpc) is 2.89. The summed E-state index contributed by atoms with van der Waals surface area (Å²) < 4.78 is 18.5. The highest BCUT2D eigenvalue weighted by molar-refractivity contribution is 7.70. The van der Waals surface area contributed by atoms with Crippen molar-refractivity contribution < 1.29 is 9.30 Å². The molecule has 0 amide bonds. The summed E-state index contributed by atoms with van der Waals surface area (Å²) in [4.78, 5) is 16.0. The molecule has 11 heteroatoms. The Morgan fingerprint density at radius 1 is 1.08 bits per heavy atom. The maximum Gasteiger partial charge on any atom is 0.229 e. The zero-order valence-corrected chi connectivity index (χ0v) is 24.4. The minimum Gasteiger partial charge on any atom is -0.495 e. The van der Waals surface area contributed by atoms with Crippen LogP contribution >= 0.6 is 18.7 Å². The zero-order chi connectivity index (χ0) is 27.3. The molecule has 0 bridgehead atoms. The van der Waals surface area contributed by atoms with Gasteiger partial charge in [0.25, 0.3) is 0 Å². The lowest BCUT2D eigenvalue weighted by Crippen LogP contribution is -2.48. The van der Waals surface area contributed by atoms with E-state index < -0.39 is 7.14 Å². The molecule has 1 aliphatic heterocycles. The maximum atomic E-state index is 12.8. The molecule has 0 unspecified atom stereocenters. The molecular weight excluding hydrogens is 521 g/mol. The third kappa shape index (κ3) is 7.17. The fraction of sp³-hybridized carbons (Fsp3) is 0.407. The van der Waals surface area contributed by atoms with E-state index in [4.69, 9.17) is 16.3 Å². The second-order valence-corrected chi connectivity index (χ2v) is 13.6. The van der Waals surface area contributed by atoms with E-state index in [2.05, 4.69) is 55.5 Å². The topological polar surface area (TPSA) is 85.9 Å². The minimum atomic E-state index is -2.50. The number of hydrogen-bond donors (Lipinski definition) is 2. The summed E-state index contributed by atoms with van der Waals surface area (Å²) in [6.45, 7) is 9.60. The Balaban J connectivity index is 1.47. The van der Waals surface area contributed by atoms with Crippen molar-refractivity contribution in [2.24, 2.45) is 0 Å². The van der Waals surface area contributed by atoms with Crippen LogP contribution in [0.1, 0.15) is 0 Å². The standard InChI is InChI=1S/C27H37ClN7O2P/c1-33(2)12-13-34-14-16-35(17-15-34)23-11-10-20(18-24(23)37-3)30-27-29-19-21(28)26(32-27)31-22-8-6-7-9-25(22)38(4,5)36/h6-11,18-19H,12-17H2,1-5H3,(H2,29,30,31,32). The van der Waals surface area contributed by atoms with Crippen molar-refractivity contribution in [1.29, 1.82) is 0 Å². The first-order chi connectivity index (χ1) is 18.1. The molecule has 204 valence electrons. The Bertz CT molecular complexity index is 1290. The SMILES string of the molecule is COc1cc(Nc2ncc(Cl)c(Nc3ccccc3P(C)(C)=O)n2)ccc1N1CCN(CCN(C)C)CC1. The Kier molecular flexibility index (Phi) is 9.15.